The molecule has 0 atom stereocenters. The molecule has 0 radical (unpaired) electrons. The Kier molecular flexibility index (Phi) is 1.44. The Labute approximate surface area is 81.0 Å². The minimum absolute atomic E-state index is 0.922. The Morgan fingerprint density at radius 2 is 2.00 bits per heavy atom. The van der Waals surface area contributed by atoms with E-state index in [0.29, 0.717) is 0 Å². The van der Waals surface area contributed by atoms with Crippen molar-refractivity contribution in [3.63, 3.8) is 0 Å². The zero-order valence-electron chi connectivity index (χ0n) is 7.51. The van der Waals surface area contributed by atoms with E-state index >= 15 is 0 Å². The van der Waals surface area contributed by atoms with Gasteiger partial charge < -0.3 is 0 Å². The van der Waals surface area contributed by atoms with Crippen molar-refractivity contribution >= 4 is 12.3 Å². The fourth-order valence-corrected chi connectivity index (χ4v) is 1.58. The van der Waals surface area contributed by atoms with Crippen LogP contribution in [0.2, 0.25) is 0 Å². The molecule has 0 fully saturated rings. The van der Waals surface area contributed by atoms with Crippen molar-refractivity contribution < 1.29 is 0 Å². The summed E-state index contributed by atoms with van der Waals surface area (Å²) in [6.45, 7) is 0. The van der Waals surface area contributed by atoms with Crippen molar-refractivity contribution in [3.05, 3.63) is 52.9 Å². The van der Waals surface area contributed by atoms with Crippen LogP contribution < -0.4 is 15.9 Å². The normalized spacial score (nSPS) is 12.6. The molecule has 0 aliphatic carbocycles. The molecule has 0 spiro atoms. The van der Waals surface area contributed by atoms with Gasteiger partial charge in [-0.05, 0) is 16.5 Å². The van der Waals surface area contributed by atoms with Crippen LogP contribution in [0.4, 0.5) is 0 Å². The van der Waals surface area contributed by atoms with E-state index in [1.807, 2.05) is 29.2 Å². The summed E-state index contributed by atoms with van der Waals surface area (Å²) in [5.41, 5.74) is 3.16. The highest BCUT2D eigenvalue weighted by atomic mass is 15.4. The number of rotatable bonds is 0. The fourth-order valence-electron chi connectivity index (χ4n) is 1.58. The molecule has 1 aromatic heterocycles. The minimum atomic E-state index is 0.922. The van der Waals surface area contributed by atoms with Crippen molar-refractivity contribution in [1.29, 1.82) is 0 Å². The molecular weight excluding hydrogens is 174 g/mol. The maximum atomic E-state index is 4.24. The number of hydrogen-bond acceptors (Lipinski definition) is 2. The van der Waals surface area contributed by atoms with Crippen molar-refractivity contribution in [1.82, 2.24) is 9.66 Å². The number of hydrogen-bond donors (Lipinski definition) is 1. The molecule has 0 saturated heterocycles. The highest BCUT2D eigenvalue weighted by Crippen LogP contribution is 1.96. The monoisotopic (exact) mass is 183 g/mol. The number of benzene rings is 1. The lowest BCUT2D eigenvalue weighted by Crippen LogP contribution is -2.24. The molecule has 0 bridgehead atoms. The molecule has 1 aliphatic heterocycles. The summed E-state index contributed by atoms with van der Waals surface area (Å²) >= 11 is 0. The van der Waals surface area contributed by atoms with E-state index in [-0.39, 0.29) is 0 Å². The molecule has 3 heteroatoms. The topological polar surface area (TPSA) is 29.9 Å². The van der Waals surface area contributed by atoms with Gasteiger partial charge in [0.15, 0.2) is 5.82 Å². The molecule has 68 valence electrons. The second kappa shape index (κ2) is 2.73. The zero-order chi connectivity index (χ0) is 9.38. The standard InChI is InChI=1S/C11H9N3/c1-2-4-10-8-13-14-6-5-12-11(14)7-9(10)3-1/h1-8,13H. The molecular formula is C11H9N3. The summed E-state index contributed by atoms with van der Waals surface area (Å²) < 4.78 is 1.89. The zero-order valence-corrected chi connectivity index (χ0v) is 7.51. The quantitative estimate of drug-likeness (QED) is 0.623. The maximum absolute atomic E-state index is 4.24. The number of nitrogens with zero attached hydrogens (tertiary/aromatic N) is 2. The van der Waals surface area contributed by atoms with Crippen LogP contribution >= 0.6 is 0 Å². The van der Waals surface area contributed by atoms with E-state index in [4.69, 9.17) is 0 Å². The summed E-state index contributed by atoms with van der Waals surface area (Å²) in [4.78, 5) is 4.24. The predicted molar refractivity (Wildman–Crippen MR) is 55.3 cm³/mol. The van der Waals surface area contributed by atoms with Gasteiger partial charge in [0.1, 0.15) is 0 Å². The van der Waals surface area contributed by atoms with Gasteiger partial charge >= 0.3 is 0 Å². The Morgan fingerprint density at radius 3 is 2.93 bits per heavy atom. The van der Waals surface area contributed by atoms with Crippen molar-refractivity contribution in [2.75, 3.05) is 5.43 Å². The Bertz CT molecular complexity index is 581. The smallest absolute Gasteiger partial charge is 0.151 e. The van der Waals surface area contributed by atoms with Crippen LogP contribution in [0.15, 0.2) is 36.7 Å². The largest absolute Gasteiger partial charge is 0.300 e. The SMILES string of the molecule is C1=c2ccccc2=Cc2nccn2N1. The van der Waals surface area contributed by atoms with Gasteiger partial charge in [-0.1, -0.05) is 24.3 Å². The second-order valence-electron chi connectivity index (χ2n) is 3.20. The molecule has 0 unspecified atom stereocenters. The van der Waals surface area contributed by atoms with E-state index in [0.717, 1.165) is 5.82 Å². The van der Waals surface area contributed by atoms with E-state index in [1.165, 1.54) is 10.4 Å². The van der Waals surface area contributed by atoms with Crippen molar-refractivity contribution in [3.8, 4) is 0 Å². The third-order valence-electron chi connectivity index (χ3n) is 2.31. The summed E-state index contributed by atoms with van der Waals surface area (Å²) in [5.74, 6) is 0.922. The average molecular weight is 183 g/mol. The summed E-state index contributed by atoms with van der Waals surface area (Å²) in [7, 11) is 0. The van der Waals surface area contributed by atoms with Gasteiger partial charge in [0.2, 0.25) is 0 Å². The van der Waals surface area contributed by atoms with E-state index < -0.39 is 0 Å². The molecule has 1 aromatic carbocycles. The number of nitrogens with one attached hydrogen (secondary N) is 1. The molecule has 2 aromatic rings. The lowest BCUT2D eigenvalue weighted by molar-refractivity contribution is 0.955. The predicted octanol–water partition coefficient (Wildman–Crippen LogP) is 0.00700. The molecule has 0 amide bonds. The second-order valence-corrected chi connectivity index (χ2v) is 3.20. The Morgan fingerprint density at radius 1 is 1.14 bits per heavy atom. The highest BCUT2D eigenvalue weighted by Gasteiger charge is 1.99. The molecule has 2 heterocycles. The first kappa shape index (κ1) is 7.38. The van der Waals surface area contributed by atoms with Gasteiger partial charge in [-0.3, -0.25) is 5.43 Å². The van der Waals surface area contributed by atoms with E-state index in [9.17, 15) is 0 Å². The van der Waals surface area contributed by atoms with Crippen LogP contribution in [0.25, 0.3) is 12.3 Å². The van der Waals surface area contributed by atoms with Crippen LogP contribution in [-0.4, -0.2) is 9.66 Å². The third kappa shape index (κ3) is 1.03. The first-order chi connectivity index (χ1) is 6.93. The first-order valence-electron chi connectivity index (χ1n) is 4.50. The lowest BCUT2D eigenvalue weighted by Gasteiger charge is -2.00. The fraction of sp³-hybridized carbons (Fsp3) is 0. The maximum Gasteiger partial charge on any atom is 0.151 e. The number of imidazole rings is 1. The first-order valence-corrected chi connectivity index (χ1v) is 4.50. The van der Waals surface area contributed by atoms with Gasteiger partial charge in [-0.25, -0.2) is 9.66 Å². The molecule has 1 aliphatic rings. The van der Waals surface area contributed by atoms with Gasteiger partial charge in [-0.2, -0.15) is 0 Å². The lowest BCUT2D eigenvalue weighted by atomic mass is 10.2. The summed E-state index contributed by atoms with van der Waals surface area (Å²) in [6.07, 6.45) is 7.71. The van der Waals surface area contributed by atoms with Crippen LogP contribution in [0.3, 0.4) is 0 Å². The van der Waals surface area contributed by atoms with Crippen molar-refractivity contribution in [2.45, 2.75) is 0 Å². The summed E-state index contributed by atoms with van der Waals surface area (Å²) in [6, 6.07) is 8.21. The van der Waals surface area contributed by atoms with Crippen LogP contribution in [0.5, 0.6) is 0 Å². The van der Waals surface area contributed by atoms with Crippen LogP contribution in [0, 0.1) is 0 Å². The molecule has 0 saturated carbocycles. The molecule has 14 heavy (non-hydrogen) atoms. The average Bonchev–Trinajstić information content (AvgIpc) is 2.58. The highest BCUT2D eigenvalue weighted by molar-refractivity contribution is 5.48. The van der Waals surface area contributed by atoms with Gasteiger partial charge in [0.25, 0.3) is 0 Å². The minimum Gasteiger partial charge on any atom is -0.300 e. The van der Waals surface area contributed by atoms with Gasteiger partial charge in [0, 0.05) is 18.6 Å². The van der Waals surface area contributed by atoms with Crippen molar-refractivity contribution in [2.24, 2.45) is 0 Å². The summed E-state index contributed by atoms with van der Waals surface area (Å²) in [5, 5.41) is 2.36. The van der Waals surface area contributed by atoms with Gasteiger partial charge in [0.05, 0.1) is 0 Å². The Hall–Kier alpha value is -2.03. The molecule has 3 nitrogen and oxygen atoms in total. The third-order valence-corrected chi connectivity index (χ3v) is 2.31. The van der Waals surface area contributed by atoms with Crippen LogP contribution in [0.1, 0.15) is 5.82 Å². The Balaban J connectivity index is 2.38. The van der Waals surface area contributed by atoms with Gasteiger partial charge in [-0.15, -0.1) is 0 Å². The number of fused-ring (bicyclic) bond motifs is 2. The molecule has 3 rings (SSSR count). The number of aromatic nitrogens is 2. The van der Waals surface area contributed by atoms with Crippen LogP contribution in [-0.2, 0) is 0 Å². The molecule has 1 N–H and O–H groups in total. The van der Waals surface area contributed by atoms with E-state index in [2.05, 4.69) is 28.6 Å². The van der Waals surface area contributed by atoms with E-state index in [1.54, 1.807) is 6.20 Å².